The summed E-state index contributed by atoms with van der Waals surface area (Å²) in [7, 11) is 0. The molecule has 0 amide bonds. The van der Waals surface area contributed by atoms with Crippen LogP contribution in [0.4, 0.5) is 0 Å². The molecule has 15 heavy (non-hydrogen) atoms. The molecule has 0 bridgehead atoms. The summed E-state index contributed by atoms with van der Waals surface area (Å²) in [5.74, 6) is -1.49. The second kappa shape index (κ2) is 4.73. The Labute approximate surface area is 88.7 Å². The Bertz CT molecular complexity index is 354. The fraction of sp³-hybridized carbons (Fsp3) is 0.333. The first kappa shape index (κ1) is 11.4. The van der Waals surface area contributed by atoms with Gasteiger partial charge in [-0.3, -0.25) is 4.79 Å². The number of aliphatic carboxylic acids is 1. The van der Waals surface area contributed by atoms with Gasteiger partial charge in [-0.2, -0.15) is 0 Å². The van der Waals surface area contributed by atoms with E-state index in [0.717, 1.165) is 17.4 Å². The Morgan fingerprint density at radius 3 is 2.07 bits per heavy atom. The molecule has 0 saturated heterocycles. The summed E-state index contributed by atoms with van der Waals surface area (Å²) in [6.07, 6.45) is 0.871. The zero-order valence-electron chi connectivity index (χ0n) is 8.81. The average molecular weight is 206 g/mol. The van der Waals surface area contributed by atoms with E-state index in [2.05, 4.69) is 0 Å². The summed E-state index contributed by atoms with van der Waals surface area (Å²) in [4.78, 5) is 21.3. The minimum atomic E-state index is -0.841. The molecule has 0 saturated carbocycles. The molecular formula is C12H14O3. The topological polar surface area (TPSA) is 54.4 Å². The molecule has 1 aromatic carbocycles. The van der Waals surface area contributed by atoms with Gasteiger partial charge < -0.3 is 9.90 Å². The Morgan fingerprint density at radius 2 is 1.67 bits per heavy atom. The van der Waals surface area contributed by atoms with E-state index in [-0.39, 0.29) is 5.92 Å². The quantitative estimate of drug-likeness (QED) is 0.768. The van der Waals surface area contributed by atoms with Gasteiger partial charge in [0.15, 0.2) is 0 Å². The smallest absolute Gasteiger partial charge is 0.310 e. The van der Waals surface area contributed by atoms with Crippen molar-refractivity contribution in [3.05, 3.63) is 35.4 Å². The molecule has 0 radical (unpaired) electrons. The number of carboxylic acid groups (broad SMARTS) is 1. The number of carbonyl (C=O) groups excluding carboxylic acids is 1. The Kier molecular flexibility index (Phi) is 3.61. The molecule has 1 aromatic rings. The monoisotopic (exact) mass is 206 g/mol. The van der Waals surface area contributed by atoms with Crippen LogP contribution >= 0.6 is 0 Å². The molecule has 3 nitrogen and oxygen atoms in total. The maximum atomic E-state index is 10.7. The summed E-state index contributed by atoms with van der Waals surface area (Å²) >= 11 is 0. The molecule has 2 atom stereocenters. The molecule has 80 valence electrons. The molecule has 0 aliphatic carbocycles. The van der Waals surface area contributed by atoms with Crippen molar-refractivity contribution in [2.75, 3.05) is 0 Å². The molecular weight excluding hydrogens is 192 g/mol. The molecule has 0 aliphatic heterocycles. The van der Waals surface area contributed by atoms with Crippen LogP contribution in [0.2, 0.25) is 0 Å². The van der Waals surface area contributed by atoms with Crippen molar-refractivity contribution in [2.24, 2.45) is 0 Å². The number of rotatable bonds is 4. The maximum Gasteiger partial charge on any atom is 0.310 e. The highest BCUT2D eigenvalue weighted by Crippen LogP contribution is 2.19. The van der Waals surface area contributed by atoms with Crippen molar-refractivity contribution in [1.29, 1.82) is 0 Å². The van der Waals surface area contributed by atoms with Crippen molar-refractivity contribution in [1.82, 2.24) is 0 Å². The third kappa shape index (κ3) is 2.65. The number of carbonyl (C=O) groups is 2. The first-order valence-electron chi connectivity index (χ1n) is 4.84. The molecule has 2 unspecified atom stereocenters. The predicted molar refractivity (Wildman–Crippen MR) is 57.0 cm³/mol. The highest BCUT2D eigenvalue weighted by atomic mass is 16.4. The van der Waals surface area contributed by atoms with E-state index >= 15 is 0 Å². The number of hydrogen-bond acceptors (Lipinski definition) is 2. The van der Waals surface area contributed by atoms with E-state index in [1.165, 1.54) is 0 Å². The van der Waals surface area contributed by atoms with E-state index in [1.54, 1.807) is 31.2 Å². The Hall–Kier alpha value is -1.64. The average Bonchev–Trinajstić information content (AvgIpc) is 2.27. The van der Waals surface area contributed by atoms with Crippen LogP contribution in [0.5, 0.6) is 0 Å². The standard InChI is InChI=1S/C12H14O3/c1-8(7-13)10-3-5-11(6-4-10)9(2)12(14)15/h3-9H,1-2H3,(H,14,15). The molecule has 0 aromatic heterocycles. The third-order valence-electron chi connectivity index (χ3n) is 2.54. The molecule has 0 heterocycles. The van der Waals surface area contributed by atoms with Gasteiger partial charge in [0.25, 0.3) is 0 Å². The van der Waals surface area contributed by atoms with E-state index in [0.29, 0.717) is 0 Å². The second-order valence-electron chi connectivity index (χ2n) is 3.65. The van der Waals surface area contributed by atoms with Gasteiger partial charge in [-0.15, -0.1) is 0 Å². The normalized spacial score (nSPS) is 14.3. The van der Waals surface area contributed by atoms with E-state index in [1.807, 2.05) is 6.92 Å². The van der Waals surface area contributed by atoms with Gasteiger partial charge in [0.1, 0.15) is 6.29 Å². The lowest BCUT2D eigenvalue weighted by Crippen LogP contribution is -2.07. The van der Waals surface area contributed by atoms with Crippen LogP contribution in [0, 0.1) is 0 Å². The summed E-state index contributed by atoms with van der Waals surface area (Å²) in [6.45, 7) is 3.45. The summed E-state index contributed by atoms with van der Waals surface area (Å²) < 4.78 is 0. The van der Waals surface area contributed by atoms with Crippen LogP contribution in [0.3, 0.4) is 0 Å². The van der Waals surface area contributed by atoms with Gasteiger partial charge in [0.2, 0.25) is 0 Å². The van der Waals surface area contributed by atoms with E-state index < -0.39 is 11.9 Å². The molecule has 1 N–H and O–H groups in total. The number of aldehydes is 1. The molecule has 0 fully saturated rings. The van der Waals surface area contributed by atoms with Gasteiger partial charge >= 0.3 is 5.97 Å². The highest BCUT2D eigenvalue weighted by molar-refractivity contribution is 5.75. The minimum absolute atomic E-state index is 0.140. The SMILES string of the molecule is CC(C=O)c1ccc(C(C)C(=O)O)cc1. The summed E-state index contributed by atoms with van der Waals surface area (Å²) in [5, 5.41) is 8.80. The van der Waals surface area contributed by atoms with Gasteiger partial charge in [0.05, 0.1) is 5.92 Å². The fourth-order valence-electron chi connectivity index (χ4n) is 1.31. The van der Waals surface area contributed by atoms with Gasteiger partial charge in [-0.25, -0.2) is 0 Å². The van der Waals surface area contributed by atoms with Crippen LogP contribution in [-0.4, -0.2) is 17.4 Å². The predicted octanol–water partition coefficient (Wildman–Crippen LogP) is 2.18. The van der Waals surface area contributed by atoms with Crippen molar-refractivity contribution in [3.8, 4) is 0 Å². The highest BCUT2D eigenvalue weighted by Gasteiger charge is 2.13. The molecule has 1 rings (SSSR count). The van der Waals surface area contributed by atoms with Crippen LogP contribution in [0.1, 0.15) is 36.8 Å². The number of benzene rings is 1. The Balaban J connectivity index is 2.89. The zero-order valence-corrected chi connectivity index (χ0v) is 8.81. The first-order chi connectivity index (χ1) is 7.06. The molecule has 3 heteroatoms. The van der Waals surface area contributed by atoms with Crippen LogP contribution in [0.15, 0.2) is 24.3 Å². The van der Waals surface area contributed by atoms with Gasteiger partial charge in [-0.1, -0.05) is 31.2 Å². The van der Waals surface area contributed by atoms with Crippen LogP contribution in [0.25, 0.3) is 0 Å². The van der Waals surface area contributed by atoms with Crippen molar-refractivity contribution < 1.29 is 14.7 Å². The van der Waals surface area contributed by atoms with Crippen molar-refractivity contribution in [3.63, 3.8) is 0 Å². The summed E-state index contributed by atoms with van der Waals surface area (Å²) in [5.41, 5.74) is 1.66. The lowest BCUT2D eigenvalue weighted by Gasteiger charge is -2.08. The van der Waals surface area contributed by atoms with E-state index in [9.17, 15) is 9.59 Å². The fourth-order valence-corrected chi connectivity index (χ4v) is 1.31. The third-order valence-corrected chi connectivity index (χ3v) is 2.54. The molecule has 0 spiro atoms. The lowest BCUT2D eigenvalue weighted by atomic mass is 9.96. The van der Waals surface area contributed by atoms with Crippen LogP contribution in [-0.2, 0) is 9.59 Å². The van der Waals surface area contributed by atoms with Crippen molar-refractivity contribution in [2.45, 2.75) is 25.7 Å². The zero-order chi connectivity index (χ0) is 11.4. The van der Waals surface area contributed by atoms with Gasteiger partial charge in [-0.05, 0) is 18.1 Å². The number of carboxylic acids is 1. The molecule has 0 aliphatic rings. The van der Waals surface area contributed by atoms with Crippen molar-refractivity contribution >= 4 is 12.3 Å². The summed E-state index contributed by atoms with van der Waals surface area (Å²) in [6, 6.07) is 7.11. The largest absolute Gasteiger partial charge is 0.481 e. The minimum Gasteiger partial charge on any atom is -0.481 e. The second-order valence-corrected chi connectivity index (χ2v) is 3.65. The number of hydrogen-bond donors (Lipinski definition) is 1. The maximum absolute atomic E-state index is 10.7. The first-order valence-corrected chi connectivity index (χ1v) is 4.84. The van der Waals surface area contributed by atoms with Crippen LogP contribution < -0.4 is 0 Å². The van der Waals surface area contributed by atoms with E-state index in [4.69, 9.17) is 5.11 Å². The Morgan fingerprint density at radius 1 is 1.20 bits per heavy atom. The van der Waals surface area contributed by atoms with Gasteiger partial charge in [0, 0.05) is 5.92 Å². The lowest BCUT2D eigenvalue weighted by molar-refractivity contribution is -0.138.